The standard InChI is InChI=1S/C20H22ClN3O2S/c1-11(2)16-7-6-14(10-22)20(24-16)27-13(4)19(25)23-17-8-12(3)15(21)9-18(17)26-5/h6-9,11,13H,1-5H3,(H,23,25). The number of methoxy groups -OCH3 is 1. The third-order valence-corrected chi connectivity index (χ3v) is 5.50. The Morgan fingerprint density at radius 2 is 2.04 bits per heavy atom. The van der Waals surface area contributed by atoms with Crippen molar-refractivity contribution in [2.45, 2.75) is 43.9 Å². The van der Waals surface area contributed by atoms with Crippen LogP contribution in [0.15, 0.2) is 29.3 Å². The maximum atomic E-state index is 12.7. The number of amides is 1. The zero-order chi connectivity index (χ0) is 20.1. The van der Waals surface area contributed by atoms with Gasteiger partial charge in [-0.25, -0.2) is 4.98 Å². The first-order chi connectivity index (χ1) is 12.8. The monoisotopic (exact) mass is 403 g/mol. The Morgan fingerprint density at radius 1 is 1.33 bits per heavy atom. The molecule has 0 fully saturated rings. The van der Waals surface area contributed by atoms with Crippen molar-refractivity contribution in [3.63, 3.8) is 0 Å². The van der Waals surface area contributed by atoms with E-state index in [0.29, 0.717) is 27.0 Å². The Hall–Kier alpha value is -2.23. The van der Waals surface area contributed by atoms with Crippen molar-refractivity contribution in [1.82, 2.24) is 4.98 Å². The first-order valence-corrected chi connectivity index (χ1v) is 9.75. The van der Waals surface area contributed by atoms with Crippen LogP contribution in [0.5, 0.6) is 5.75 Å². The highest BCUT2D eigenvalue weighted by molar-refractivity contribution is 8.00. The van der Waals surface area contributed by atoms with Crippen molar-refractivity contribution < 1.29 is 9.53 Å². The number of halogens is 1. The zero-order valence-corrected chi connectivity index (χ0v) is 17.5. The normalized spacial score (nSPS) is 11.8. The minimum atomic E-state index is -0.451. The number of aryl methyl sites for hydroxylation is 1. The fraction of sp³-hybridized carbons (Fsp3) is 0.350. The lowest BCUT2D eigenvalue weighted by atomic mass is 10.1. The van der Waals surface area contributed by atoms with Gasteiger partial charge in [0.2, 0.25) is 5.91 Å². The smallest absolute Gasteiger partial charge is 0.237 e. The summed E-state index contributed by atoms with van der Waals surface area (Å²) < 4.78 is 5.30. The van der Waals surface area contributed by atoms with E-state index in [1.54, 1.807) is 25.1 Å². The molecule has 1 aromatic heterocycles. The molecule has 142 valence electrons. The number of hydrogen-bond donors (Lipinski definition) is 1. The van der Waals surface area contributed by atoms with E-state index in [9.17, 15) is 10.1 Å². The van der Waals surface area contributed by atoms with Crippen molar-refractivity contribution in [2.24, 2.45) is 0 Å². The van der Waals surface area contributed by atoms with Crippen LogP contribution in [0.25, 0.3) is 0 Å². The average molecular weight is 404 g/mol. The van der Waals surface area contributed by atoms with E-state index >= 15 is 0 Å². The molecule has 0 aliphatic carbocycles. The Labute approximate surface area is 169 Å². The summed E-state index contributed by atoms with van der Waals surface area (Å²) in [6.07, 6.45) is 0. The van der Waals surface area contributed by atoms with Gasteiger partial charge in [0, 0.05) is 16.8 Å². The van der Waals surface area contributed by atoms with Crippen LogP contribution in [0.2, 0.25) is 5.02 Å². The molecule has 0 bridgehead atoms. The second kappa shape index (κ2) is 9.12. The van der Waals surface area contributed by atoms with Crippen LogP contribution in [-0.4, -0.2) is 23.3 Å². The van der Waals surface area contributed by atoms with Crippen LogP contribution >= 0.6 is 23.4 Å². The molecule has 7 heteroatoms. The second-order valence-electron chi connectivity index (χ2n) is 6.41. The molecule has 1 amide bonds. The number of ether oxygens (including phenoxy) is 1. The van der Waals surface area contributed by atoms with Gasteiger partial charge in [-0.15, -0.1) is 0 Å². The molecule has 0 saturated carbocycles. The van der Waals surface area contributed by atoms with Crippen LogP contribution < -0.4 is 10.1 Å². The average Bonchev–Trinajstić information content (AvgIpc) is 2.64. The minimum Gasteiger partial charge on any atom is -0.495 e. The van der Waals surface area contributed by atoms with Crippen LogP contribution in [0, 0.1) is 18.3 Å². The summed E-state index contributed by atoms with van der Waals surface area (Å²) in [4.78, 5) is 17.2. The number of benzene rings is 1. The molecule has 2 rings (SSSR count). The van der Waals surface area contributed by atoms with Crippen molar-refractivity contribution in [3.8, 4) is 11.8 Å². The predicted molar refractivity (Wildman–Crippen MR) is 110 cm³/mol. The molecule has 0 radical (unpaired) electrons. The lowest BCUT2D eigenvalue weighted by molar-refractivity contribution is -0.115. The molecule has 1 heterocycles. The number of thioether (sulfide) groups is 1. The Morgan fingerprint density at radius 3 is 2.63 bits per heavy atom. The third kappa shape index (κ3) is 5.15. The van der Waals surface area contributed by atoms with Gasteiger partial charge in [-0.05, 0) is 43.5 Å². The van der Waals surface area contributed by atoms with E-state index in [1.165, 1.54) is 18.9 Å². The molecule has 0 aliphatic heterocycles. The van der Waals surface area contributed by atoms with Gasteiger partial charge >= 0.3 is 0 Å². The number of nitrogens with one attached hydrogen (secondary N) is 1. The Bertz CT molecular complexity index is 894. The molecule has 0 aliphatic rings. The summed E-state index contributed by atoms with van der Waals surface area (Å²) >= 11 is 7.37. The van der Waals surface area contributed by atoms with E-state index in [0.717, 1.165) is 11.3 Å². The van der Waals surface area contributed by atoms with Crippen molar-refractivity contribution >= 4 is 35.0 Å². The number of carbonyl (C=O) groups is 1. The number of nitrogens with zero attached hydrogens (tertiary/aromatic N) is 2. The van der Waals surface area contributed by atoms with Crippen LogP contribution in [0.1, 0.15) is 43.5 Å². The van der Waals surface area contributed by atoms with Crippen molar-refractivity contribution in [3.05, 3.63) is 46.1 Å². The third-order valence-electron chi connectivity index (χ3n) is 3.99. The SMILES string of the molecule is COc1cc(Cl)c(C)cc1NC(=O)C(C)Sc1nc(C(C)C)ccc1C#N. The summed E-state index contributed by atoms with van der Waals surface area (Å²) in [5.41, 5.74) is 2.75. The first-order valence-electron chi connectivity index (χ1n) is 8.49. The fourth-order valence-corrected chi connectivity index (χ4v) is 3.39. The van der Waals surface area contributed by atoms with E-state index in [-0.39, 0.29) is 11.8 Å². The van der Waals surface area contributed by atoms with Gasteiger partial charge in [0.15, 0.2) is 0 Å². The summed E-state index contributed by atoms with van der Waals surface area (Å²) in [5.74, 6) is 0.525. The van der Waals surface area contributed by atoms with Gasteiger partial charge in [0.1, 0.15) is 16.8 Å². The van der Waals surface area contributed by atoms with Gasteiger partial charge in [-0.3, -0.25) is 4.79 Å². The lowest BCUT2D eigenvalue weighted by Gasteiger charge is -2.16. The first kappa shape index (κ1) is 21.1. The summed E-state index contributed by atoms with van der Waals surface area (Å²) in [5, 5.41) is 12.9. The number of rotatable bonds is 6. The zero-order valence-electron chi connectivity index (χ0n) is 16.0. The van der Waals surface area contributed by atoms with E-state index in [2.05, 4.69) is 16.4 Å². The van der Waals surface area contributed by atoms with Crippen LogP contribution in [0.4, 0.5) is 5.69 Å². The van der Waals surface area contributed by atoms with Crippen LogP contribution in [-0.2, 0) is 4.79 Å². The second-order valence-corrected chi connectivity index (χ2v) is 8.14. The van der Waals surface area contributed by atoms with Gasteiger partial charge < -0.3 is 10.1 Å². The molecule has 1 N–H and O–H groups in total. The number of hydrogen-bond acceptors (Lipinski definition) is 5. The Balaban J connectivity index is 2.21. The van der Waals surface area contributed by atoms with Gasteiger partial charge in [0.05, 0.1) is 23.6 Å². The highest BCUT2D eigenvalue weighted by Gasteiger charge is 2.20. The summed E-state index contributed by atoms with van der Waals surface area (Å²) in [7, 11) is 1.52. The maximum absolute atomic E-state index is 12.7. The van der Waals surface area contributed by atoms with Crippen molar-refractivity contribution in [1.29, 1.82) is 5.26 Å². The van der Waals surface area contributed by atoms with E-state index in [4.69, 9.17) is 16.3 Å². The number of pyridine rings is 1. The molecule has 0 saturated heterocycles. The number of aromatic nitrogens is 1. The molecule has 5 nitrogen and oxygen atoms in total. The van der Waals surface area contributed by atoms with Gasteiger partial charge in [-0.1, -0.05) is 37.2 Å². The van der Waals surface area contributed by atoms with E-state index < -0.39 is 5.25 Å². The fourth-order valence-electron chi connectivity index (χ4n) is 2.34. The minimum absolute atomic E-state index is 0.208. The molecule has 1 atom stereocenters. The molecular formula is C20H22ClN3O2S. The molecule has 2 aromatic rings. The molecule has 27 heavy (non-hydrogen) atoms. The highest BCUT2D eigenvalue weighted by Crippen LogP contribution is 2.32. The molecular weight excluding hydrogens is 382 g/mol. The lowest BCUT2D eigenvalue weighted by Crippen LogP contribution is -2.23. The summed E-state index contributed by atoms with van der Waals surface area (Å²) in [6, 6.07) is 9.18. The number of nitriles is 1. The summed E-state index contributed by atoms with van der Waals surface area (Å²) in [6.45, 7) is 7.71. The quantitative estimate of drug-likeness (QED) is 0.673. The molecule has 0 spiro atoms. The predicted octanol–water partition coefficient (Wildman–Crippen LogP) is 5.17. The molecule has 1 unspecified atom stereocenters. The highest BCUT2D eigenvalue weighted by atomic mass is 35.5. The topological polar surface area (TPSA) is 75.0 Å². The largest absolute Gasteiger partial charge is 0.495 e. The van der Waals surface area contributed by atoms with Gasteiger partial charge in [-0.2, -0.15) is 5.26 Å². The van der Waals surface area contributed by atoms with Crippen molar-refractivity contribution in [2.75, 3.05) is 12.4 Å². The molecule has 1 aromatic carbocycles. The van der Waals surface area contributed by atoms with Gasteiger partial charge in [0.25, 0.3) is 0 Å². The maximum Gasteiger partial charge on any atom is 0.237 e. The Kier molecular flexibility index (Phi) is 7.11. The van der Waals surface area contributed by atoms with Crippen LogP contribution in [0.3, 0.4) is 0 Å². The number of anilines is 1. The van der Waals surface area contributed by atoms with E-state index in [1.807, 2.05) is 26.8 Å². The number of carbonyl (C=O) groups excluding carboxylic acids is 1.